The Balaban J connectivity index is 1.33. The van der Waals surface area contributed by atoms with Crippen molar-refractivity contribution in [1.82, 2.24) is 24.4 Å². The normalized spacial score (nSPS) is 14.7. The van der Waals surface area contributed by atoms with Gasteiger partial charge in [-0.15, -0.1) is 0 Å². The molecule has 10 heteroatoms. The van der Waals surface area contributed by atoms with Crippen LogP contribution >= 0.6 is 0 Å². The summed E-state index contributed by atoms with van der Waals surface area (Å²) in [4.78, 5) is 39.6. The lowest BCUT2D eigenvalue weighted by atomic mass is 10.1. The third kappa shape index (κ3) is 4.67. The van der Waals surface area contributed by atoms with Crippen molar-refractivity contribution in [1.29, 1.82) is 0 Å². The third-order valence-electron chi connectivity index (χ3n) is 6.55. The zero-order chi connectivity index (χ0) is 25.2. The van der Waals surface area contributed by atoms with E-state index in [4.69, 9.17) is 10.5 Å². The van der Waals surface area contributed by atoms with Gasteiger partial charge >= 0.3 is 0 Å². The van der Waals surface area contributed by atoms with Crippen molar-refractivity contribution in [3.63, 3.8) is 0 Å². The van der Waals surface area contributed by atoms with E-state index >= 15 is 0 Å². The number of H-pyrrole nitrogens is 1. The molecule has 1 saturated heterocycles. The minimum atomic E-state index is -0.785. The Morgan fingerprint density at radius 3 is 2.67 bits per heavy atom. The monoisotopic (exact) mass is 487 g/mol. The molecule has 0 bridgehead atoms. The minimum absolute atomic E-state index is 0.0532. The number of hydrogen-bond acceptors (Lipinski definition) is 6. The number of nitrogens with one attached hydrogen (secondary N) is 2. The van der Waals surface area contributed by atoms with E-state index in [0.717, 1.165) is 54.8 Å². The fourth-order valence-electron chi connectivity index (χ4n) is 4.53. The van der Waals surface area contributed by atoms with Crippen LogP contribution in [0.1, 0.15) is 46.3 Å². The van der Waals surface area contributed by atoms with E-state index in [9.17, 15) is 9.59 Å². The van der Waals surface area contributed by atoms with Crippen molar-refractivity contribution >= 4 is 28.5 Å². The summed E-state index contributed by atoms with van der Waals surface area (Å²) in [5.74, 6) is -0.207. The molecule has 36 heavy (non-hydrogen) atoms. The van der Waals surface area contributed by atoms with Crippen LogP contribution < -0.4 is 15.8 Å². The van der Waals surface area contributed by atoms with Crippen molar-refractivity contribution < 1.29 is 14.3 Å². The van der Waals surface area contributed by atoms with Gasteiger partial charge in [-0.2, -0.15) is 0 Å². The molecule has 1 aliphatic rings. The molecule has 0 aliphatic carbocycles. The SMILES string of the molecule is CCN1CCC(Oc2ccc(NC(=O)c3ncn(-c4nc5ccccc5[nH]4)c3C(N)=O)c(C)c2)CC1. The molecule has 0 radical (unpaired) electrons. The Morgan fingerprint density at radius 2 is 1.97 bits per heavy atom. The summed E-state index contributed by atoms with van der Waals surface area (Å²) < 4.78 is 7.57. The quantitative estimate of drug-likeness (QED) is 0.367. The van der Waals surface area contributed by atoms with Gasteiger partial charge in [0.1, 0.15) is 23.9 Å². The van der Waals surface area contributed by atoms with Crippen molar-refractivity contribution in [2.75, 3.05) is 25.0 Å². The van der Waals surface area contributed by atoms with Crippen molar-refractivity contribution in [3.05, 3.63) is 65.7 Å². The minimum Gasteiger partial charge on any atom is -0.490 e. The molecular formula is C26H29N7O3. The van der Waals surface area contributed by atoms with E-state index in [1.165, 1.54) is 10.9 Å². The number of hydrogen-bond donors (Lipinski definition) is 3. The molecule has 0 unspecified atom stereocenters. The maximum Gasteiger partial charge on any atom is 0.276 e. The van der Waals surface area contributed by atoms with Crippen LogP contribution in [-0.2, 0) is 0 Å². The van der Waals surface area contributed by atoms with Gasteiger partial charge in [-0.1, -0.05) is 19.1 Å². The van der Waals surface area contributed by atoms with Crippen molar-refractivity contribution in [3.8, 4) is 11.7 Å². The number of carbonyl (C=O) groups excluding carboxylic acids is 2. The third-order valence-corrected chi connectivity index (χ3v) is 6.55. The number of rotatable bonds is 7. The second kappa shape index (κ2) is 9.82. The number of benzene rings is 2. The Bertz CT molecular complexity index is 1380. The molecule has 186 valence electrons. The average Bonchev–Trinajstić information content (AvgIpc) is 3.51. The van der Waals surface area contributed by atoms with E-state index < -0.39 is 11.8 Å². The molecule has 4 N–H and O–H groups in total. The summed E-state index contributed by atoms with van der Waals surface area (Å²) in [6, 6.07) is 13.0. The summed E-state index contributed by atoms with van der Waals surface area (Å²) in [7, 11) is 0. The number of fused-ring (bicyclic) bond motifs is 1. The number of aromatic amines is 1. The average molecular weight is 488 g/mol. The molecule has 2 aromatic carbocycles. The van der Waals surface area contributed by atoms with Crippen LogP contribution in [0.3, 0.4) is 0 Å². The smallest absolute Gasteiger partial charge is 0.276 e. The fourth-order valence-corrected chi connectivity index (χ4v) is 4.53. The van der Waals surface area contributed by atoms with Gasteiger partial charge in [0.05, 0.1) is 11.0 Å². The molecule has 0 atom stereocenters. The molecule has 1 aliphatic heterocycles. The molecule has 2 aromatic heterocycles. The maximum atomic E-state index is 13.1. The topological polar surface area (TPSA) is 131 Å². The first-order chi connectivity index (χ1) is 17.4. The number of anilines is 1. The highest BCUT2D eigenvalue weighted by atomic mass is 16.5. The molecule has 0 spiro atoms. The van der Waals surface area contributed by atoms with Crippen LogP contribution in [0.15, 0.2) is 48.8 Å². The van der Waals surface area contributed by atoms with Gasteiger partial charge in [-0.05, 0) is 62.2 Å². The summed E-state index contributed by atoms with van der Waals surface area (Å²) in [5.41, 5.74) is 8.45. The molecule has 5 rings (SSSR count). The van der Waals surface area contributed by atoms with Gasteiger partial charge in [0.25, 0.3) is 11.8 Å². The largest absolute Gasteiger partial charge is 0.490 e. The number of primary amides is 1. The van der Waals surface area contributed by atoms with Gasteiger partial charge < -0.3 is 25.7 Å². The Morgan fingerprint density at radius 1 is 1.19 bits per heavy atom. The molecule has 2 amide bonds. The molecule has 0 saturated carbocycles. The lowest BCUT2D eigenvalue weighted by Gasteiger charge is -2.31. The van der Waals surface area contributed by atoms with Gasteiger partial charge in [0.2, 0.25) is 5.95 Å². The standard InChI is InChI=1S/C26H29N7O3/c1-3-32-12-10-17(11-13-32)36-18-8-9-19(16(2)14-18)29-25(35)22-23(24(27)34)33(15-28-22)26-30-20-6-4-5-7-21(20)31-26/h4-9,14-15,17H,3,10-13H2,1-2H3,(H2,27,34)(H,29,35)(H,30,31). The van der Waals surface area contributed by atoms with Gasteiger partial charge in [-0.3, -0.25) is 14.2 Å². The lowest BCUT2D eigenvalue weighted by Crippen LogP contribution is -2.37. The first-order valence-electron chi connectivity index (χ1n) is 12.1. The van der Waals surface area contributed by atoms with Crippen LogP contribution in [0.4, 0.5) is 5.69 Å². The number of carbonyl (C=O) groups is 2. The number of para-hydroxylation sites is 2. The predicted octanol–water partition coefficient (Wildman–Crippen LogP) is 3.27. The lowest BCUT2D eigenvalue weighted by molar-refractivity contribution is 0.0970. The molecule has 1 fully saturated rings. The van der Waals surface area contributed by atoms with E-state index in [-0.39, 0.29) is 17.5 Å². The van der Waals surface area contributed by atoms with E-state index in [2.05, 4.69) is 32.1 Å². The molecule has 3 heterocycles. The number of likely N-dealkylation sites (tertiary alicyclic amines) is 1. The fraction of sp³-hybridized carbons (Fsp3) is 0.308. The summed E-state index contributed by atoms with van der Waals surface area (Å²) in [6.07, 6.45) is 3.54. The van der Waals surface area contributed by atoms with Crippen LogP contribution in [0.25, 0.3) is 17.0 Å². The number of nitrogens with two attached hydrogens (primary N) is 1. The summed E-state index contributed by atoms with van der Waals surface area (Å²) in [6.45, 7) is 7.21. The Labute approximate surface area is 208 Å². The number of aryl methyl sites for hydroxylation is 1. The number of aromatic nitrogens is 4. The van der Waals surface area contributed by atoms with E-state index in [1.54, 1.807) is 6.07 Å². The number of amides is 2. The second-order valence-corrected chi connectivity index (χ2v) is 8.94. The van der Waals surface area contributed by atoms with E-state index in [0.29, 0.717) is 11.6 Å². The van der Waals surface area contributed by atoms with Crippen LogP contribution in [0.5, 0.6) is 5.75 Å². The highest BCUT2D eigenvalue weighted by Gasteiger charge is 2.25. The summed E-state index contributed by atoms with van der Waals surface area (Å²) >= 11 is 0. The Kier molecular flexibility index (Phi) is 6.43. The Hall–Kier alpha value is -4.18. The van der Waals surface area contributed by atoms with Crippen LogP contribution in [0.2, 0.25) is 0 Å². The highest BCUT2D eigenvalue weighted by Crippen LogP contribution is 2.25. The molecular weight excluding hydrogens is 458 g/mol. The van der Waals surface area contributed by atoms with Crippen LogP contribution in [-0.4, -0.2) is 62.0 Å². The molecule has 10 nitrogen and oxygen atoms in total. The first kappa shape index (κ1) is 23.6. The van der Waals surface area contributed by atoms with Crippen molar-refractivity contribution in [2.24, 2.45) is 5.73 Å². The maximum absolute atomic E-state index is 13.1. The zero-order valence-electron chi connectivity index (χ0n) is 20.3. The number of ether oxygens (including phenoxy) is 1. The van der Waals surface area contributed by atoms with Crippen molar-refractivity contribution in [2.45, 2.75) is 32.8 Å². The zero-order valence-corrected chi connectivity index (χ0v) is 20.3. The van der Waals surface area contributed by atoms with Gasteiger partial charge in [-0.25, -0.2) is 9.97 Å². The van der Waals surface area contributed by atoms with E-state index in [1.807, 2.05) is 43.3 Å². The number of piperidine rings is 1. The highest BCUT2D eigenvalue weighted by molar-refractivity contribution is 6.10. The number of imidazole rings is 2. The predicted molar refractivity (Wildman–Crippen MR) is 137 cm³/mol. The van der Waals surface area contributed by atoms with Gasteiger partial charge in [0.15, 0.2) is 5.69 Å². The first-order valence-corrected chi connectivity index (χ1v) is 12.1. The van der Waals surface area contributed by atoms with Gasteiger partial charge in [0, 0.05) is 18.8 Å². The number of nitrogens with zero attached hydrogens (tertiary/aromatic N) is 4. The molecule has 4 aromatic rings. The second-order valence-electron chi connectivity index (χ2n) is 8.94. The van der Waals surface area contributed by atoms with Crippen LogP contribution in [0, 0.1) is 6.92 Å². The summed E-state index contributed by atoms with van der Waals surface area (Å²) in [5, 5.41) is 2.84.